The highest BCUT2D eigenvalue weighted by atomic mass is 32.1. The van der Waals surface area contributed by atoms with Gasteiger partial charge in [0.05, 0.1) is 13.2 Å². The number of nitrogens with zero attached hydrogens (tertiary/aromatic N) is 1. The molecule has 0 saturated carbocycles. The Bertz CT molecular complexity index is 726. The van der Waals surface area contributed by atoms with Gasteiger partial charge in [0.1, 0.15) is 11.5 Å². The van der Waals surface area contributed by atoms with Gasteiger partial charge in [-0.15, -0.1) is 11.3 Å². The molecule has 5 nitrogen and oxygen atoms in total. The Kier molecular flexibility index (Phi) is 5.15. The van der Waals surface area contributed by atoms with Crippen LogP contribution in [0, 0.1) is 0 Å². The number of esters is 1. The van der Waals surface area contributed by atoms with E-state index in [0.717, 1.165) is 22.4 Å². The van der Waals surface area contributed by atoms with Crippen molar-refractivity contribution in [2.45, 2.75) is 26.5 Å². The topological polar surface area (TPSA) is 55.8 Å². The van der Waals surface area contributed by atoms with Crippen molar-refractivity contribution in [2.24, 2.45) is 0 Å². The highest BCUT2D eigenvalue weighted by Gasteiger charge is 2.25. The highest BCUT2D eigenvalue weighted by Crippen LogP contribution is 2.29. The Morgan fingerprint density at radius 3 is 2.75 bits per heavy atom. The maximum Gasteiger partial charge on any atom is 0.410 e. The number of amides is 1. The number of hydrogen-bond donors (Lipinski definition) is 0. The van der Waals surface area contributed by atoms with E-state index in [-0.39, 0.29) is 18.7 Å². The van der Waals surface area contributed by atoms with Crippen molar-refractivity contribution in [3.63, 3.8) is 0 Å². The van der Waals surface area contributed by atoms with Crippen LogP contribution in [0.15, 0.2) is 36.4 Å². The van der Waals surface area contributed by atoms with Gasteiger partial charge >= 0.3 is 12.1 Å². The summed E-state index contributed by atoms with van der Waals surface area (Å²) in [5, 5.41) is 0. The zero-order valence-electron chi connectivity index (χ0n) is 13.5. The van der Waals surface area contributed by atoms with Gasteiger partial charge < -0.3 is 14.4 Å². The standard InChI is InChI=1S/C18H19NO4S/c1-2-22-17(20)16-10-14-11-19(9-8-15(14)24-16)18(21)23-12-13-6-4-3-5-7-13/h3-7,10H,2,8-9,11-12H2,1H3. The molecule has 0 saturated heterocycles. The van der Waals surface area contributed by atoms with E-state index in [1.54, 1.807) is 11.8 Å². The van der Waals surface area contributed by atoms with Crippen molar-refractivity contribution in [2.75, 3.05) is 13.2 Å². The summed E-state index contributed by atoms with van der Waals surface area (Å²) < 4.78 is 10.4. The van der Waals surface area contributed by atoms with E-state index in [2.05, 4.69) is 0 Å². The summed E-state index contributed by atoms with van der Waals surface area (Å²) >= 11 is 1.45. The molecule has 126 valence electrons. The van der Waals surface area contributed by atoms with E-state index in [9.17, 15) is 9.59 Å². The van der Waals surface area contributed by atoms with Crippen LogP contribution in [0.1, 0.15) is 32.6 Å². The number of carbonyl (C=O) groups is 2. The van der Waals surface area contributed by atoms with Gasteiger partial charge in [0, 0.05) is 11.4 Å². The van der Waals surface area contributed by atoms with Gasteiger partial charge in [0.15, 0.2) is 0 Å². The molecule has 1 aliphatic rings. The molecule has 3 rings (SSSR count). The van der Waals surface area contributed by atoms with Crippen molar-refractivity contribution in [1.29, 1.82) is 0 Å². The van der Waals surface area contributed by atoms with E-state index in [1.165, 1.54) is 11.3 Å². The molecular formula is C18H19NO4S. The van der Waals surface area contributed by atoms with Crippen LogP contribution in [-0.2, 0) is 29.0 Å². The second-order valence-corrected chi connectivity index (χ2v) is 6.63. The summed E-state index contributed by atoms with van der Waals surface area (Å²) in [6, 6.07) is 11.4. The molecular weight excluding hydrogens is 326 g/mol. The van der Waals surface area contributed by atoms with Gasteiger partial charge in [0.2, 0.25) is 0 Å². The molecule has 0 spiro atoms. The fourth-order valence-electron chi connectivity index (χ4n) is 2.60. The van der Waals surface area contributed by atoms with Crippen molar-refractivity contribution in [1.82, 2.24) is 4.90 Å². The summed E-state index contributed by atoms with van der Waals surface area (Å²) in [5.41, 5.74) is 1.97. The quantitative estimate of drug-likeness (QED) is 0.794. The second-order valence-electron chi connectivity index (χ2n) is 5.49. The van der Waals surface area contributed by atoms with Gasteiger partial charge in [-0.05, 0) is 30.5 Å². The third kappa shape index (κ3) is 3.76. The lowest BCUT2D eigenvalue weighted by Gasteiger charge is -2.26. The van der Waals surface area contributed by atoms with Crippen molar-refractivity contribution >= 4 is 23.4 Å². The number of ether oxygens (including phenoxy) is 2. The average molecular weight is 345 g/mol. The van der Waals surface area contributed by atoms with Gasteiger partial charge in [-0.3, -0.25) is 0 Å². The van der Waals surface area contributed by atoms with E-state index >= 15 is 0 Å². The maximum absolute atomic E-state index is 12.2. The number of thiophene rings is 1. The predicted octanol–water partition coefficient (Wildman–Crippen LogP) is 3.62. The first-order chi connectivity index (χ1) is 11.7. The monoisotopic (exact) mass is 345 g/mol. The lowest BCUT2D eigenvalue weighted by atomic mass is 10.1. The molecule has 0 fully saturated rings. The minimum Gasteiger partial charge on any atom is -0.462 e. The predicted molar refractivity (Wildman–Crippen MR) is 91.0 cm³/mol. The van der Waals surface area contributed by atoms with Crippen LogP contribution in [0.3, 0.4) is 0 Å². The van der Waals surface area contributed by atoms with E-state index in [1.807, 2.05) is 36.4 Å². The van der Waals surface area contributed by atoms with Gasteiger partial charge in [-0.2, -0.15) is 0 Å². The zero-order valence-corrected chi connectivity index (χ0v) is 14.3. The summed E-state index contributed by atoms with van der Waals surface area (Å²) in [6.45, 7) is 3.48. The summed E-state index contributed by atoms with van der Waals surface area (Å²) in [4.78, 5) is 27.5. The second kappa shape index (κ2) is 7.49. The maximum atomic E-state index is 12.2. The van der Waals surface area contributed by atoms with Gasteiger partial charge in [-0.1, -0.05) is 30.3 Å². The minimum absolute atomic E-state index is 0.265. The number of rotatable bonds is 4. The highest BCUT2D eigenvalue weighted by molar-refractivity contribution is 7.14. The molecule has 0 atom stereocenters. The third-order valence-corrected chi connectivity index (χ3v) is 5.02. The Morgan fingerprint density at radius 1 is 1.21 bits per heavy atom. The van der Waals surface area contributed by atoms with Gasteiger partial charge in [-0.25, -0.2) is 9.59 Å². The van der Waals surface area contributed by atoms with E-state index < -0.39 is 0 Å². The smallest absolute Gasteiger partial charge is 0.410 e. The Morgan fingerprint density at radius 2 is 2.00 bits per heavy atom. The lowest BCUT2D eigenvalue weighted by molar-refractivity contribution is 0.0532. The Hall–Kier alpha value is -2.34. The van der Waals surface area contributed by atoms with Crippen molar-refractivity contribution < 1.29 is 19.1 Å². The minimum atomic E-state index is -0.326. The molecule has 2 heterocycles. The summed E-state index contributed by atoms with van der Waals surface area (Å²) in [6.07, 6.45) is 0.410. The fourth-order valence-corrected chi connectivity index (χ4v) is 3.66. The first-order valence-electron chi connectivity index (χ1n) is 7.91. The lowest BCUT2D eigenvalue weighted by Crippen LogP contribution is -2.35. The number of carbonyl (C=O) groups excluding carboxylic acids is 2. The van der Waals surface area contributed by atoms with Crippen LogP contribution < -0.4 is 0 Å². The van der Waals surface area contributed by atoms with Gasteiger partial charge in [0.25, 0.3) is 0 Å². The number of benzene rings is 1. The van der Waals surface area contributed by atoms with Crippen molar-refractivity contribution in [3.05, 3.63) is 57.3 Å². The molecule has 1 amide bonds. The largest absolute Gasteiger partial charge is 0.462 e. The zero-order chi connectivity index (χ0) is 16.9. The first kappa shape index (κ1) is 16.5. The summed E-state index contributed by atoms with van der Waals surface area (Å²) in [5.74, 6) is -0.296. The normalized spacial score (nSPS) is 13.3. The Labute approximate surface area is 144 Å². The van der Waals surface area contributed by atoms with E-state index in [0.29, 0.717) is 24.6 Å². The van der Waals surface area contributed by atoms with Crippen LogP contribution in [0.4, 0.5) is 4.79 Å². The Balaban J connectivity index is 1.60. The van der Waals surface area contributed by atoms with Crippen LogP contribution in [-0.4, -0.2) is 30.1 Å². The molecule has 1 aromatic carbocycles. The first-order valence-corrected chi connectivity index (χ1v) is 8.73. The molecule has 0 bridgehead atoms. The SMILES string of the molecule is CCOC(=O)c1cc2c(s1)CCN(C(=O)OCc1ccccc1)C2. The number of fused-ring (bicyclic) bond motifs is 1. The molecule has 2 aromatic rings. The molecule has 0 aliphatic carbocycles. The van der Waals surface area contributed by atoms with Crippen LogP contribution >= 0.6 is 11.3 Å². The molecule has 0 unspecified atom stereocenters. The van der Waals surface area contributed by atoms with E-state index in [4.69, 9.17) is 9.47 Å². The van der Waals surface area contributed by atoms with Crippen LogP contribution in [0.2, 0.25) is 0 Å². The van der Waals surface area contributed by atoms with Crippen LogP contribution in [0.25, 0.3) is 0 Å². The third-order valence-electron chi connectivity index (χ3n) is 3.81. The molecule has 0 radical (unpaired) electrons. The number of hydrogen-bond acceptors (Lipinski definition) is 5. The van der Waals surface area contributed by atoms with Crippen molar-refractivity contribution in [3.8, 4) is 0 Å². The molecule has 24 heavy (non-hydrogen) atoms. The summed E-state index contributed by atoms with van der Waals surface area (Å²) in [7, 11) is 0. The molecule has 1 aromatic heterocycles. The molecule has 0 N–H and O–H groups in total. The molecule has 6 heteroatoms. The van der Waals surface area contributed by atoms with Crippen LogP contribution in [0.5, 0.6) is 0 Å². The fraction of sp³-hybridized carbons (Fsp3) is 0.333. The average Bonchev–Trinajstić information content (AvgIpc) is 3.04. The molecule has 1 aliphatic heterocycles.